The number of rotatable bonds is 2. The SMILES string of the molecule is CC1(C)CC(O)(CC2CCCc3ccccc32)C(C)(C)O1. The van der Waals surface area contributed by atoms with Crippen LogP contribution >= 0.6 is 0 Å². The molecular formula is C19H28O2. The Morgan fingerprint density at radius 3 is 2.57 bits per heavy atom. The summed E-state index contributed by atoms with van der Waals surface area (Å²) in [5, 5.41) is 11.3. The molecule has 1 saturated heterocycles. The van der Waals surface area contributed by atoms with Gasteiger partial charge < -0.3 is 9.84 Å². The van der Waals surface area contributed by atoms with Gasteiger partial charge in [0.15, 0.2) is 0 Å². The lowest BCUT2D eigenvalue weighted by Crippen LogP contribution is -2.47. The predicted molar refractivity (Wildman–Crippen MR) is 85.5 cm³/mol. The largest absolute Gasteiger partial charge is 0.387 e. The fraction of sp³-hybridized carbons (Fsp3) is 0.684. The van der Waals surface area contributed by atoms with Crippen molar-refractivity contribution in [2.24, 2.45) is 0 Å². The van der Waals surface area contributed by atoms with Crippen LogP contribution in [0.1, 0.15) is 70.4 Å². The third kappa shape index (κ3) is 2.64. The molecule has 21 heavy (non-hydrogen) atoms. The van der Waals surface area contributed by atoms with Crippen molar-refractivity contribution < 1.29 is 9.84 Å². The molecule has 0 radical (unpaired) electrons. The number of ether oxygens (including phenoxy) is 1. The summed E-state index contributed by atoms with van der Waals surface area (Å²) in [7, 11) is 0. The predicted octanol–water partition coefficient (Wildman–Crippen LogP) is 4.21. The molecule has 3 rings (SSSR count). The molecular weight excluding hydrogens is 260 g/mol. The molecule has 0 saturated carbocycles. The topological polar surface area (TPSA) is 29.5 Å². The molecule has 1 heterocycles. The maximum absolute atomic E-state index is 11.3. The maximum Gasteiger partial charge on any atom is 0.0963 e. The van der Waals surface area contributed by atoms with Gasteiger partial charge in [-0.1, -0.05) is 24.3 Å². The molecule has 1 aromatic rings. The summed E-state index contributed by atoms with van der Waals surface area (Å²) in [5.41, 5.74) is 1.44. The second kappa shape index (κ2) is 4.82. The van der Waals surface area contributed by atoms with Crippen LogP contribution in [0.4, 0.5) is 0 Å². The van der Waals surface area contributed by atoms with E-state index in [-0.39, 0.29) is 5.60 Å². The molecule has 2 nitrogen and oxygen atoms in total. The van der Waals surface area contributed by atoms with Crippen molar-refractivity contribution in [3.63, 3.8) is 0 Å². The normalized spacial score (nSPS) is 33.7. The molecule has 1 aliphatic heterocycles. The van der Waals surface area contributed by atoms with E-state index in [9.17, 15) is 5.11 Å². The monoisotopic (exact) mass is 288 g/mol. The van der Waals surface area contributed by atoms with Crippen LogP contribution in [0.15, 0.2) is 24.3 Å². The van der Waals surface area contributed by atoms with E-state index in [2.05, 4.69) is 38.1 Å². The fourth-order valence-electron chi connectivity index (χ4n) is 4.53. The molecule has 1 N–H and O–H groups in total. The number of aliphatic hydroxyl groups is 1. The van der Waals surface area contributed by atoms with Gasteiger partial charge in [-0.3, -0.25) is 0 Å². The second-order valence-corrected chi connectivity index (χ2v) is 8.07. The molecule has 116 valence electrons. The molecule has 2 heteroatoms. The summed E-state index contributed by atoms with van der Waals surface area (Å²) in [6, 6.07) is 8.74. The lowest BCUT2D eigenvalue weighted by Gasteiger charge is -2.39. The Morgan fingerprint density at radius 1 is 1.19 bits per heavy atom. The molecule has 0 spiro atoms. The molecule has 2 unspecified atom stereocenters. The van der Waals surface area contributed by atoms with Gasteiger partial charge in [0, 0.05) is 6.42 Å². The maximum atomic E-state index is 11.3. The van der Waals surface area contributed by atoms with Crippen molar-refractivity contribution in [2.75, 3.05) is 0 Å². The van der Waals surface area contributed by atoms with Crippen LogP contribution in [0.5, 0.6) is 0 Å². The van der Waals surface area contributed by atoms with Gasteiger partial charge >= 0.3 is 0 Å². The summed E-state index contributed by atoms with van der Waals surface area (Å²) in [5.74, 6) is 0.455. The molecule has 1 fully saturated rings. The highest BCUT2D eigenvalue weighted by atomic mass is 16.5. The lowest BCUT2D eigenvalue weighted by molar-refractivity contribution is -0.130. The molecule has 0 amide bonds. The van der Waals surface area contributed by atoms with E-state index < -0.39 is 11.2 Å². The summed E-state index contributed by atoms with van der Waals surface area (Å²) in [6.07, 6.45) is 5.10. The van der Waals surface area contributed by atoms with Crippen molar-refractivity contribution in [1.82, 2.24) is 0 Å². The Labute approximate surface area is 128 Å². The highest BCUT2D eigenvalue weighted by molar-refractivity contribution is 5.33. The summed E-state index contributed by atoms with van der Waals surface area (Å²) in [6.45, 7) is 8.25. The Bertz CT molecular complexity index is 532. The molecule has 0 aromatic heterocycles. The minimum atomic E-state index is -0.744. The highest BCUT2D eigenvalue weighted by Gasteiger charge is 2.56. The van der Waals surface area contributed by atoms with E-state index in [1.807, 2.05) is 13.8 Å². The van der Waals surface area contributed by atoms with Gasteiger partial charge in [-0.25, -0.2) is 0 Å². The van der Waals surface area contributed by atoms with Crippen LogP contribution in [0.2, 0.25) is 0 Å². The average molecular weight is 288 g/mol. The van der Waals surface area contributed by atoms with Crippen molar-refractivity contribution in [1.29, 1.82) is 0 Å². The first kappa shape index (κ1) is 15.1. The van der Waals surface area contributed by atoms with Crippen molar-refractivity contribution in [3.8, 4) is 0 Å². The lowest BCUT2D eigenvalue weighted by atomic mass is 9.71. The molecule has 1 aromatic carbocycles. The van der Waals surface area contributed by atoms with Gasteiger partial charge in [0.25, 0.3) is 0 Å². The third-order valence-electron chi connectivity index (χ3n) is 5.45. The van der Waals surface area contributed by atoms with E-state index in [1.165, 1.54) is 30.4 Å². The highest BCUT2D eigenvalue weighted by Crippen LogP contribution is 2.50. The van der Waals surface area contributed by atoms with Gasteiger partial charge in [0.1, 0.15) is 0 Å². The van der Waals surface area contributed by atoms with Crippen LogP contribution in [0, 0.1) is 0 Å². The van der Waals surface area contributed by atoms with Crippen LogP contribution in [0.25, 0.3) is 0 Å². The number of aryl methyl sites for hydroxylation is 1. The van der Waals surface area contributed by atoms with E-state index in [4.69, 9.17) is 4.74 Å². The molecule has 0 bridgehead atoms. The van der Waals surface area contributed by atoms with E-state index in [0.717, 1.165) is 6.42 Å². The average Bonchev–Trinajstić information content (AvgIpc) is 2.53. The zero-order chi connectivity index (χ0) is 15.3. The van der Waals surface area contributed by atoms with Crippen molar-refractivity contribution in [2.45, 2.75) is 82.5 Å². The zero-order valence-corrected chi connectivity index (χ0v) is 13.8. The first-order valence-corrected chi connectivity index (χ1v) is 8.23. The smallest absolute Gasteiger partial charge is 0.0963 e. The minimum Gasteiger partial charge on any atom is -0.387 e. The Kier molecular flexibility index (Phi) is 3.46. The minimum absolute atomic E-state index is 0.244. The van der Waals surface area contributed by atoms with Crippen LogP contribution in [-0.2, 0) is 11.2 Å². The summed E-state index contributed by atoms with van der Waals surface area (Å²) in [4.78, 5) is 0. The standard InChI is InChI=1S/C19H28O2/c1-17(2)13-19(20,18(3,4)21-17)12-15-10-7-9-14-8-5-6-11-16(14)15/h5-6,8,11,15,20H,7,9-10,12-13H2,1-4H3. The Balaban J connectivity index is 1.87. The number of fused-ring (bicyclic) bond motifs is 1. The Hall–Kier alpha value is -0.860. The summed E-state index contributed by atoms with van der Waals surface area (Å²) >= 11 is 0. The van der Waals surface area contributed by atoms with Crippen molar-refractivity contribution in [3.05, 3.63) is 35.4 Å². The molecule has 2 atom stereocenters. The van der Waals surface area contributed by atoms with Crippen molar-refractivity contribution >= 4 is 0 Å². The quantitative estimate of drug-likeness (QED) is 0.883. The fourth-order valence-corrected chi connectivity index (χ4v) is 4.53. The second-order valence-electron chi connectivity index (χ2n) is 8.07. The van der Waals surface area contributed by atoms with Crippen LogP contribution in [0.3, 0.4) is 0 Å². The molecule has 2 aliphatic rings. The Morgan fingerprint density at radius 2 is 1.90 bits per heavy atom. The zero-order valence-electron chi connectivity index (χ0n) is 13.8. The molecule has 1 aliphatic carbocycles. The van der Waals surface area contributed by atoms with Gasteiger partial charge in [-0.05, 0) is 70.4 Å². The number of hydrogen-bond donors (Lipinski definition) is 1. The van der Waals surface area contributed by atoms with Gasteiger partial charge in [0.05, 0.1) is 16.8 Å². The van der Waals surface area contributed by atoms with E-state index in [1.54, 1.807) is 0 Å². The van der Waals surface area contributed by atoms with Crippen LogP contribution in [-0.4, -0.2) is 21.9 Å². The number of hydrogen-bond acceptors (Lipinski definition) is 2. The van der Waals surface area contributed by atoms with Gasteiger partial charge in [-0.2, -0.15) is 0 Å². The van der Waals surface area contributed by atoms with Gasteiger partial charge in [0.2, 0.25) is 0 Å². The number of benzene rings is 1. The van der Waals surface area contributed by atoms with Crippen LogP contribution < -0.4 is 0 Å². The summed E-state index contributed by atoms with van der Waals surface area (Å²) < 4.78 is 6.13. The van der Waals surface area contributed by atoms with E-state index >= 15 is 0 Å². The van der Waals surface area contributed by atoms with E-state index in [0.29, 0.717) is 12.3 Å². The third-order valence-corrected chi connectivity index (χ3v) is 5.45. The van der Waals surface area contributed by atoms with Gasteiger partial charge in [-0.15, -0.1) is 0 Å². The first-order chi connectivity index (χ1) is 9.73. The first-order valence-electron chi connectivity index (χ1n) is 8.23.